The number of esters is 1. The van der Waals surface area contributed by atoms with Crippen molar-refractivity contribution in [2.24, 2.45) is 0 Å². The number of carbonyl (C=O) groups is 1. The molecule has 1 unspecified atom stereocenters. The van der Waals surface area contributed by atoms with Crippen LogP contribution in [0.5, 0.6) is 0 Å². The number of hydrogen-bond acceptors (Lipinski definition) is 4. The Kier molecular flexibility index (Phi) is 3.89. The highest BCUT2D eigenvalue weighted by Gasteiger charge is 2.15. The van der Waals surface area contributed by atoms with Gasteiger partial charge in [0.05, 0.1) is 25.3 Å². The van der Waals surface area contributed by atoms with Gasteiger partial charge in [0.2, 0.25) is 0 Å². The Labute approximate surface area is 110 Å². The van der Waals surface area contributed by atoms with Gasteiger partial charge in [-0.25, -0.2) is 9.07 Å². The van der Waals surface area contributed by atoms with Crippen LogP contribution in [-0.2, 0) is 16.0 Å². The van der Waals surface area contributed by atoms with Gasteiger partial charge in [-0.1, -0.05) is 23.4 Å². The zero-order chi connectivity index (χ0) is 13.8. The van der Waals surface area contributed by atoms with E-state index in [1.54, 1.807) is 24.4 Å². The zero-order valence-electron chi connectivity index (χ0n) is 10.7. The molecule has 6 heteroatoms. The summed E-state index contributed by atoms with van der Waals surface area (Å²) >= 11 is 0. The molecule has 19 heavy (non-hydrogen) atoms. The molecule has 0 bridgehead atoms. The summed E-state index contributed by atoms with van der Waals surface area (Å²) in [6.07, 6.45) is 1.68. The number of benzene rings is 1. The van der Waals surface area contributed by atoms with Crippen molar-refractivity contribution in [1.29, 1.82) is 0 Å². The van der Waals surface area contributed by atoms with E-state index in [4.69, 9.17) is 0 Å². The van der Waals surface area contributed by atoms with Crippen molar-refractivity contribution in [2.45, 2.75) is 19.4 Å². The molecule has 5 nitrogen and oxygen atoms in total. The molecule has 0 aliphatic rings. The van der Waals surface area contributed by atoms with E-state index in [-0.39, 0.29) is 24.2 Å². The van der Waals surface area contributed by atoms with Gasteiger partial charge < -0.3 is 4.74 Å². The van der Waals surface area contributed by atoms with Crippen molar-refractivity contribution in [1.82, 2.24) is 15.0 Å². The molecule has 2 rings (SSSR count). The summed E-state index contributed by atoms with van der Waals surface area (Å²) in [6.45, 7) is 1.81. The van der Waals surface area contributed by atoms with E-state index in [2.05, 4.69) is 15.0 Å². The summed E-state index contributed by atoms with van der Waals surface area (Å²) in [5.74, 6) is -0.675. The number of ether oxygens (including phenoxy) is 1. The summed E-state index contributed by atoms with van der Waals surface area (Å²) in [4.78, 5) is 11.1. The maximum absolute atomic E-state index is 13.7. The molecule has 1 heterocycles. The Morgan fingerprint density at radius 1 is 1.47 bits per heavy atom. The normalized spacial score (nSPS) is 12.2. The number of rotatable bonds is 4. The summed E-state index contributed by atoms with van der Waals surface area (Å²) in [6, 6.07) is 6.21. The number of carbonyl (C=O) groups excluding carboxylic acids is 1. The largest absolute Gasteiger partial charge is 0.469 e. The Morgan fingerprint density at radius 2 is 2.21 bits per heavy atom. The Bertz CT molecular complexity index is 583. The third-order valence-corrected chi connectivity index (χ3v) is 2.86. The van der Waals surface area contributed by atoms with E-state index < -0.39 is 0 Å². The Morgan fingerprint density at radius 3 is 2.89 bits per heavy atom. The van der Waals surface area contributed by atoms with Crippen LogP contribution in [0.2, 0.25) is 0 Å². The van der Waals surface area contributed by atoms with E-state index in [9.17, 15) is 9.18 Å². The second kappa shape index (κ2) is 5.60. The van der Waals surface area contributed by atoms with Crippen LogP contribution in [0.15, 0.2) is 30.5 Å². The first-order valence-corrected chi connectivity index (χ1v) is 5.83. The average molecular weight is 263 g/mol. The smallest absolute Gasteiger partial charge is 0.311 e. The molecule has 2 aromatic rings. The number of methoxy groups -OCH3 is 1. The molecule has 0 aliphatic heterocycles. The second-order valence-electron chi connectivity index (χ2n) is 4.14. The lowest BCUT2D eigenvalue weighted by atomic mass is 10.1. The molecule has 0 N–H and O–H groups in total. The molecule has 1 atom stereocenters. The fourth-order valence-electron chi connectivity index (χ4n) is 1.76. The van der Waals surface area contributed by atoms with Crippen LogP contribution in [0.3, 0.4) is 0 Å². The lowest BCUT2D eigenvalue weighted by Gasteiger charge is -2.12. The zero-order valence-corrected chi connectivity index (χ0v) is 10.7. The van der Waals surface area contributed by atoms with Gasteiger partial charge in [0.1, 0.15) is 5.82 Å². The van der Waals surface area contributed by atoms with Gasteiger partial charge in [0.15, 0.2) is 0 Å². The SMILES string of the molecule is COC(=O)Cc1cn(C(C)c2ccccc2F)nn1. The van der Waals surface area contributed by atoms with Gasteiger partial charge in [0.25, 0.3) is 0 Å². The van der Waals surface area contributed by atoms with E-state index in [0.717, 1.165) is 0 Å². The second-order valence-corrected chi connectivity index (χ2v) is 4.14. The molecule has 0 spiro atoms. The first-order valence-electron chi connectivity index (χ1n) is 5.83. The first kappa shape index (κ1) is 13.2. The topological polar surface area (TPSA) is 57.0 Å². The lowest BCUT2D eigenvalue weighted by molar-refractivity contribution is -0.139. The summed E-state index contributed by atoms with van der Waals surface area (Å²) < 4.78 is 19.7. The maximum atomic E-state index is 13.7. The number of hydrogen-bond donors (Lipinski definition) is 0. The highest BCUT2D eigenvalue weighted by atomic mass is 19.1. The highest BCUT2D eigenvalue weighted by molar-refractivity contribution is 5.71. The van der Waals surface area contributed by atoms with Crippen LogP contribution < -0.4 is 0 Å². The van der Waals surface area contributed by atoms with Crippen LogP contribution in [0.1, 0.15) is 24.2 Å². The van der Waals surface area contributed by atoms with Crippen molar-refractivity contribution < 1.29 is 13.9 Å². The summed E-state index contributed by atoms with van der Waals surface area (Å²) in [7, 11) is 1.31. The van der Waals surface area contributed by atoms with Gasteiger partial charge in [-0.2, -0.15) is 0 Å². The van der Waals surface area contributed by atoms with E-state index in [1.807, 2.05) is 6.92 Å². The van der Waals surface area contributed by atoms with Crippen LogP contribution in [0.4, 0.5) is 4.39 Å². The average Bonchev–Trinajstić information content (AvgIpc) is 2.87. The van der Waals surface area contributed by atoms with Crippen molar-refractivity contribution >= 4 is 5.97 Å². The molecule has 0 fully saturated rings. The minimum absolute atomic E-state index is 0.0560. The van der Waals surface area contributed by atoms with Gasteiger partial charge >= 0.3 is 5.97 Å². The Balaban J connectivity index is 2.19. The van der Waals surface area contributed by atoms with Crippen molar-refractivity contribution in [2.75, 3.05) is 7.11 Å². The van der Waals surface area contributed by atoms with Crippen molar-refractivity contribution in [3.8, 4) is 0 Å². The van der Waals surface area contributed by atoms with E-state index in [1.165, 1.54) is 17.9 Å². The Hall–Kier alpha value is -2.24. The molecule has 1 aromatic carbocycles. The molecule has 100 valence electrons. The quantitative estimate of drug-likeness (QED) is 0.788. The standard InChI is InChI=1S/C13H14FN3O2/c1-9(11-5-3-4-6-12(11)14)17-8-10(15-16-17)7-13(18)19-2/h3-6,8-9H,7H2,1-2H3. The van der Waals surface area contributed by atoms with Crippen LogP contribution in [0, 0.1) is 5.82 Å². The van der Waals surface area contributed by atoms with Crippen molar-refractivity contribution in [3.05, 3.63) is 47.5 Å². The van der Waals surface area contributed by atoms with Gasteiger partial charge in [-0.15, -0.1) is 5.10 Å². The molecule has 0 saturated carbocycles. The first-order chi connectivity index (χ1) is 9.11. The van der Waals surface area contributed by atoms with Crippen LogP contribution in [0.25, 0.3) is 0 Å². The number of nitrogens with zero attached hydrogens (tertiary/aromatic N) is 3. The van der Waals surface area contributed by atoms with Gasteiger partial charge in [0, 0.05) is 11.8 Å². The molecule has 0 aliphatic carbocycles. The monoisotopic (exact) mass is 263 g/mol. The molecule has 0 radical (unpaired) electrons. The van der Waals surface area contributed by atoms with E-state index in [0.29, 0.717) is 11.3 Å². The minimum atomic E-state index is -0.384. The number of halogens is 1. The summed E-state index contributed by atoms with van der Waals surface area (Å²) in [5.41, 5.74) is 1.02. The predicted octanol–water partition coefficient (Wildman–Crippen LogP) is 1.74. The third kappa shape index (κ3) is 2.96. The predicted molar refractivity (Wildman–Crippen MR) is 66.0 cm³/mol. The number of aromatic nitrogens is 3. The fraction of sp³-hybridized carbons (Fsp3) is 0.308. The minimum Gasteiger partial charge on any atom is -0.469 e. The highest BCUT2D eigenvalue weighted by Crippen LogP contribution is 2.19. The third-order valence-electron chi connectivity index (χ3n) is 2.86. The van der Waals surface area contributed by atoms with E-state index >= 15 is 0 Å². The summed E-state index contributed by atoms with van der Waals surface area (Å²) in [5, 5.41) is 7.78. The molecule has 0 amide bonds. The molecule has 0 saturated heterocycles. The molecular formula is C13H14FN3O2. The van der Waals surface area contributed by atoms with Crippen molar-refractivity contribution in [3.63, 3.8) is 0 Å². The fourth-order valence-corrected chi connectivity index (χ4v) is 1.76. The van der Waals surface area contributed by atoms with Crippen LogP contribution in [-0.4, -0.2) is 28.1 Å². The maximum Gasteiger partial charge on any atom is 0.311 e. The molecular weight excluding hydrogens is 249 g/mol. The van der Waals surface area contributed by atoms with Crippen LogP contribution >= 0.6 is 0 Å². The van der Waals surface area contributed by atoms with Gasteiger partial charge in [-0.05, 0) is 13.0 Å². The van der Waals surface area contributed by atoms with Gasteiger partial charge in [-0.3, -0.25) is 4.79 Å². The molecule has 1 aromatic heterocycles. The lowest BCUT2D eigenvalue weighted by Crippen LogP contribution is -2.09.